The lowest BCUT2D eigenvalue weighted by molar-refractivity contribution is -0.121. The summed E-state index contributed by atoms with van der Waals surface area (Å²) in [6, 6.07) is 10.1. The molecule has 0 aliphatic heterocycles. The summed E-state index contributed by atoms with van der Waals surface area (Å²) in [6.07, 6.45) is 5.75. The number of H-pyrrole nitrogens is 1. The Morgan fingerprint density at radius 1 is 1.25 bits per heavy atom. The lowest BCUT2D eigenvalue weighted by atomic mass is 9.78. The lowest BCUT2D eigenvalue weighted by Gasteiger charge is -2.28. The van der Waals surface area contributed by atoms with Crippen molar-refractivity contribution in [2.45, 2.75) is 38.0 Å². The molecule has 0 saturated heterocycles. The van der Waals surface area contributed by atoms with Crippen molar-refractivity contribution in [1.29, 1.82) is 0 Å². The Hall–Kier alpha value is -2.10. The lowest BCUT2D eigenvalue weighted by Crippen LogP contribution is -2.38. The largest absolute Gasteiger partial charge is 0.310 e. The molecule has 1 aliphatic carbocycles. The van der Waals surface area contributed by atoms with E-state index in [-0.39, 0.29) is 5.91 Å². The van der Waals surface area contributed by atoms with Crippen molar-refractivity contribution in [2.24, 2.45) is 0 Å². The van der Waals surface area contributed by atoms with Crippen molar-refractivity contribution in [1.82, 2.24) is 10.2 Å². The number of nitrogens with one attached hydrogen (secondary N) is 2. The normalized spacial score (nSPS) is 17.1. The molecule has 104 valence electrons. The molecule has 1 aromatic carbocycles. The summed E-state index contributed by atoms with van der Waals surface area (Å²) >= 11 is 0. The molecule has 0 radical (unpaired) electrons. The first-order valence-electron chi connectivity index (χ1n) is 7.09. The van der Waals surface area contributed by atoms with E-state index in [1.54, 1.807) is 6.20 Å². The van der Waals surface area contributed by atoms with E-state index in [1.807, 2.05) is 25.1 Å². The summed E-state index contributed by atoms with van der Waals surface area (Å²) in [6.45, 7) is 1.93. The molecule has 1 saturated carbocycles. The van der Waals surface area contributed by atoms with Crippen molar-refractivity contribution in [3.05, 3.63) is 47.7 Å². The number of aromatic nitrogens is 2. The molecule has 1 aliphatic rings. The summed E-state index contributed by atoms with van der Waals surface area (Å²) in [5, 5.41) is 9.82. The topological polar surface area (TPSA) is 57.8 Å². The van der Waals surface area contributed by atoms with Gasteiger partial charge in [-0.25, -0.2) is 0 Å². The second-order valence-corrected chi connectivity index (χ2v) is 5.54. The molecule has 1 aromatic heterocycles. The summed E-state index contributed by atoms with van der Waals surface area (Å²) in [5.74, 6) is 0.783. The van der Waals surface area contributed by atoms with E-state index < -0.39 is 5.41 Å². The highest BCUT2D eigenvalue weighted by Gasteiger charge is 2.42. The van der Waals surface area contributed by atoms with Crippen LogP contribution in [0.2, 0.25) is 0 Å². The van der Waals surface area contributed by atoms with E-state index in [1.165, 1.54) is 0 Å². The number of amides is 1. The fraction of sp³-hybridized carbons (Fsp3) is 0.375. The number of anilines is 1. The summed E-state index contributed by atoms with van der Waals surface area (Å²) in [7, 11) is 0. The van der Waals surface area contributed by atoms with E-state index in [0.717, 1.165) is 36.8 Å². The van der Waals surface area contributed by atoms with E-state index in [4.69, 9.17) is 0 Å². The highest BCUT2D eigenvalue weighted by Crippen LogP contribution is 2.42. The predicted molar refractivity (Wildman–Crippen MR) is 78.5 cm³/mol. The molecule has 1 amide bonds. The number of benzene rings is 1. The molecule has 4 nitrogen and oxygen atoms in total. The highest BCUT2D eigenvalue weighted by molar-refractivity contribution is 5.99. The molecule has 0 spiro atoms. The highest BCUT2D eigenvalue weighted by atomic mass is 16.2. The van der Waals surface area contributed by atoms with E-state index in [9.17, 15) is 4.79 Å². The fourth-order valence-corrected chi connectivity index (χ4v) is 3.09. The standard InChI is InChI=1S/C16H19N3O/c1-12-11-17-19-14(12)18-15(20)16(9-5-6-10-16)13-7-3-2-4-8-13/h2-4,7-8,11H,5-6,9-10H2,1H3,(H2,17,18,19,20). The van der Waals surface area contributed by atoms with Crippen LogP contribution in [0.15, 0.2) is 36.5 Å². The van der Waals surface area contributed by atoms with Crippen LogP contribution in [0.5, 0.6) is 0 Å². The van der Waals surface area contributed by atoms with Crippen LogP contribution in [0.4, 0.5) is 5.82 Å². The number of hydrogen-bond acceptors (Lipinski definition) is 2. The first-order chi connectivity index (χ1) is 9.72. The molecule has 0 bridgehead atoms. The number of hydrogen-bond donors (Lipinski definition) is 2. The molecular formula is C16H19N3O. The minimum absolute atomic E-state index is 0.0774. The zero-order chi connectivity index (χ0) is 14.0. The maximum atomic E-state index is 12.8. The quantitative estimate of drug-likeness (QED) is 0.899. The third-order valence-corrected chi connectivity index (χ3v) is 4.29. The van der Waals surface area contributed by atoms with Crippen LogP contribution < -0.4 is 5.32 Å². The van der Waals surface area contributed by atoms with Gasteiger partial charge in [0.15, 0.2) is 0 Å². The van der Waals surface area contributed by atoms with Gasteiger partial charge < -0.3 is 5.32 Å². The molecule has 20 heavy (non-hydrogen) atoms. The van der Waals surface area contributed by atoms with Gasteiger partial charge in [-0.05, 0) is 25.3 Å². The maximum absolute atomic E-state index is 12.8. The van der Waals surface area contributed by atoms with E-state index >= 15 is 0 Å². The average Bonchev–Trinajstić information content (AvgIpc) is 3.11. The predicted octanol–water partition coefficient (Wildman–Crippen LogP) is 3.17. The third kappa shape index (κ3) is 2.11. The Labute approximate surface area is 118 Å². The van der Waals surface area contributed by atoms with Gasteiger partial charge in [0, 0.05) is 5.56 Å². The SMILES string of the molecule is Cc1cn[nH]c1NC(=O)C1(c2ccccc2)CCCC1. The molecule has 3 rings (SSSR count). The Kier molecular flexibility index (Phi) is 3.30. The molecule has 0 atom stereocenters. The first kappa shape index (κ1) is 12.9. The molecule has 4 heteroatoms. The number of nitrogens with zero attached hydrogens (tertiary/aromatic N) is 1. The number of rotatable bonds is 3. The Bertz CT molecular complexity index is 597. The first-order valence-corrected chi connectivity index (χ1v) is 7.09. The molecule has 2 aromatic rings. The van der Waals surface area contributed by atoms with Gasteiger partial charge in [0.1, 0.15) is 5.82 Å². The zero-order valence-corrected chi connectivity index (χ0v) is 11.6. The van der Waals surface area contributed by atoms with Crippen molar-refractivity contribution in [2.75, 3.05) is 5.32 Å². The molecular weight excluding hydrogens is 250 g/mol. The van der Waals surface area contributed by atoms with Crippen LogP contribution in [0.1, 0.15) is 36.8 Å². The number of carbonyl (C=O) groups is 1. The van der Waals surface area contributed by atoms with Crippen LogP contribution in [-0.2, 0) is 10.2 Å². The van der Waals surface area contributed by atoms with Crippen LogP contribution in [0.3, 0.4) is 0 Å². The van der Waals surface area contributed by atoms with Crippen LogP contribution in [-0.4, -0.2) is 16.1 Å². The minimum Gasteiger partial charge on any atom is -0.310 e. The Morgan fingerprint density at radius 3 is 2.55 bits per heavy atom. The zero-order valence-electron chi connectivity index (χ0n) is 11.6. The van der Waals surface area contributed by atoms with Crippen molar-refractivity contribution in [3.63, 3.8) is 0 Å². The third-order valence-electron chi connectivity index (χ3n) is 4.29. The van der Waals surface area contributed by atoms with Gasteiger partial charge in [-0.15, -0.1) is 0 Å². The smallest absolute Gasteiger partial charge is 0.236 e. The monoisotopic (exact) mass is 269 g/mol. The fourth-order valence-electron chi connectivity index (χ4n) is 3.09. The Morgan fingerprint density at radius 2 is 1.95 bits per heavy atom. The van der Waals surface area contributed by atoms with Crippen molar-refractivity contribution >= 4 is 11.7 Å². The van der Waals surface area contributed by atoms with Gasteiger partial charge in [0.25, 0.3) is 0 Å². The summed E-state index contributed by atoms with van der Waals surface area (Å²) in [4.78, 5) is 12.8. The van der Waals surface area contributed by atoms with Gasteiger partial charge >= 0.3 is 0 Å². The van der Waals surface area contributed by atoms with Gasteiger partial charge in [-0.2, -0.15) is 5.10 Å². The second kappa shape index (κ2) is 5.12. The summed E-state index contributed by atoms with van der Waals surface area (Å²) in [5.41, 5.74) is 1.69. The maximum Gasteiger partial charge on any atom is 0.236 e. The molecule has 0 unspecified atom stereocenters. The second-order valence-electron chi connectivity index (χ2n) is 5.54. The van der Waals surface area contributed by atoms with Crippen LogP contribution in [0.25, 0.3) is 0 Å². The molecule has 2 N–H and O–H groups in total. The van der Waals surface area contributed by atoms with Gasteiger partial charge in [0.05, 0.1) is 11.6 Å². The molecule has 1 heterocycles. The van der Waals surface area contributed by atoms with Crippen molar-refractivity contribution < 1.29 is 4.79 Å². The summed E-state index contributed by atoms with van der Waals surface area (Å²) < 4.78 is 0. The van der Waals surface area contributed by atoms with Gasteiger partial charge in [0.2, 0.25) is 5.91 Å². The number of aromatic amines is 1. The van der Waals surface area contributed by atoms with Crippen molar-refractivity contribution in [3.8, 4) is 0 Å². The number of aryl methyl sites for hydroxylation is 1. The minimum atomic E-state index is -0.390. The van der Waals surface area contributed by atoms with Crippen LogP contribution >= 0.6 is 0 Å². The van der Waals surface area contributed by atoms with Crippen LogP contribution in [0, 0.1) is 6.92 Å². The number of carbonyl (C=O) groups excluding carboxylic acids is 1. The van der Waals surface area contributed by atoms with E-state index in [0.29, 0.717) is 5.82 Å². The average molecular weight is 269 g/mol. The van der Waals surface area contributed by atoms with Gasteiger partial charge in [-0.3, -0.25) is 9.89 Å². The van der Waals surface area contributed by atoms with E-state index in [2.05, 4.69) is 27.6 Å². The van der Waals surface area contributed by atoms with Gasteiger partial charge in [-0.1, -0.05) is 43.2 Å². The Balaban J connectivity index is 1.91. The molecule has 1 fully saturated rings.